The van der Waals surface area contributed by atoms with Gasteiger partial charge in [-0.3, -0.25) is 9.20 Å². The lowest BCUT2D eigenvalue weighted by atomic mass is 10.1. The number of fused-ring (bicyclic) bond motifs is 3. The van der Waals surface area contributed by atoms with Crippen LogP contribution in [0.5, 0.6) is 5.88 Å². The first-order valence-electron chi connectivity index (χ1n) is 9.49. The molecule has 0 saturated heterocycles. The lowest BCUT2D eigenvalue weighted by Crippen LogP contribution is -2.13. The van der Waals surface area contributed by atoms with Crippen LogP contribution >= 0.6 is 0 Å². The van der Waals surface area contributed by atoms with Crippen LogP contribution in [0.4, 0.5) is 0 Å². The molecule has 0 N–H and O–H groups in total. The van der Waals surface area contributed by atoms with E-state index in [9.17, 15) is 9.59 Å². The molecule has 5 heteroatoms. The molecular weight excluding hydrogens is 376 g/mol. The van der Waals surface area contributed by atoms with Gasteiger partial charge in [-0.15, -0.1) is 0 Å². The second-order valence-electron chi connectivity index (χ2n) is 6.81. The molecule has 0 fully saturated rings. The number of carbonyl (C=O) groups is 2. The number of nitrogens with zero attached hydrogens (tertiary/aromatic N) is 2. The molecule has 0 aliphatic rings. The van der Waals surface area contributed by atoms with Crippen molar-refractivity contribution in [3.63, 3.8) is 0 Å². The van der Waals surface area contributed by atoms with Gasteiger partial charge < -0.3 is 4.74 Å². The molecule has 30 heavy (non-hydrogen) atoms. The lowest BCUT2D eigenvalue weighted by Gasteiger charge is -2.06. The van der Waals surface area contributed by atoms with Crippen LogP contribution in [0, 0.1) is 0 Å². The summed E-state index contributed by atoms with van der Waals surface area (Å²) in [5.74, 6) is -0.839. The van der Waals surface area contributed by atoms with Crippen molar-refractivity contribution >= 4 is 28.2 Å². The average Bonchev–Trinajstić information content (AvgIpc) is 3.18. The fraction of sp³-hybridized carbons (Fsp3) is 0. The summed E-state index contributed by atoms with van der Waals surface area (Å²) >= 11 is 0. The van der Waals surface area contributed by atoms with E-state index in [4.69, 9.17) is 4.74 Å². The molecule has 3 aromatic carbocycles. The van der Waals surface area contributed by atoms with Crippen molar-refractivity contribution in [1.29, 1.82) is 0 Å². The molecule has 0 amide bonds. The molecule has 5 rings (SSSR count). The number of aromatic nitrogens is 2. The SMILES string of the molecule is O=C(Oc1nc2c3ccccc3ccn2c1C(=O)c1ccccc1)c1ccccc1. The molecule has 0 spiro atoms. The van der Waals surface area contributed by atoms with Gasteiger partial charge in [0.15, 0.2) is 5.69 Å². The topological polar surface area (TPSA) is 60.7 Å². The van der Waals surface area contributed by atoms with Crippen molar-refractivity contribution in [3.8, 4) is 5.88 Å². The zero-order valence-electron chi connectivity index (χ0n) is 15.9. The van der Waals surface area contributed by atoms with E-state index in [1.54, 1.807) is 59.1 Å². The van der Waals surface area contributed by atoms with E-state index < -0.39 is 5.97 Å². The Morgan fingerprint density at radius 1 is 0.733 bits per heavy atom. The molecule has 0 saturated carbocycles. The largest absolute Gasteiger partial charge is 0.401 e. The van der Waals surface area contributed by atoms with Gasteiger partial charge in [-0.2, -0.15) is 4.98 Å². The van der Waals surface area contributed by atoms with E-state index in [0.717, 1.165) is 10.8 Å². The number of imidazole rings is 1. The van der Waals surface area contributed by atoms with Crippen LogP contribution < -0.4 is 4.74 Å². The summed E-state index contributed by atoms with van der Waals surface area (Å²) in [7, 11) is 0. The van der Waals surface area contributed by atoms with Crippen molar-refractivity contribution in [3.05, 3.63) is 114 Å². The maximum Gasteiger partial charge on any atom is 0.344 e. The van der Waals surface area contributed by atoms with Crippen LogP contribution in [-0.2, 0) is 0 Å². The van der Waals surface area contributed by atoms with Crippen molar-refractivity contribution in [2.24, 2.45) is 0 Å². The highest BCUT2D eigenvalue weighted by atomic mass is 16.5. The van der Waals surface area contributed by atoms with Crippen LogP contribution in [-0.4, -0.2) is 21.1 Å². The Bertz CT molecular complexity index is 1390. The van der Waals surface area contributed by atoms with Crippen molar-refractivity contribution < 1.29 is 14.3 Å². The number of rotatable bonds is 4. The summed E-state index contributed by atoms with van der Waals surface area (Å²) < 4.78 is 7.30. The smallest absolute Gasteiger partial charge is 0.344 e. The Balaban J connectivity index is 1.71. The maximum absolute atomic E-state index is 13.3. The highest BCUT2D eigenvalue weighted by Gasteiger charge is 2.25. The average molecular weight is 392 g/mol. The van der Waals surface area contributed by atoms with E-state index in [2.05, 4.69) is 4.98 Å². The molecular formula is C25H16N2O3. The van der Waals surface area contributed by atoms with Crippen LogP contribution in [0.3, 0.4) is 0 Å². The van der Waals surface area contributed by atoms with Crippen molar-refractivity contribution in [2.45, 2.75) is 0 Å². The second kappa shape index (κ2) is 7.29. The number of benzene rings is 3. The maximum atomic E-state index is 13.3. The van der Waals surface area contributed by atoms with Gasteiger partial charge in [-0.05, 0) is 23.6 Å². The minimum atomic E-state index is -0.564. The van der Waals surface area contributed by atoms with Gasteiger partial charge in [0.1, 0.15) is 5.65 Å². The van der Waals surface area contributed by atoms with Gasteiger partial charge in [0, 0.05) is 17.1 Å². The predicted octanol–water partition coefficient (Wildman–Crippen LogP) is 4.94. The third-order valence-corrected chi connectivity index (χ3v) is 4.93. The van der Waals surface area contributed by atoms with Crippen LogP contribution in [0.2, 0.25) is 0 Å². The van der Waals surface area contributed by atoms with E-state index in [1.165, 1.54) is 0 Å². The number of ketones is 1. The number of pyridine rings is 1. The van der Waals surface area contributed by atoms with E-state index in [1.807, 2.05) is 42.5 Å². The third kappa shape index (κ3) is 3.02. The molecule has 144 valence electrons. The Morgan fingerprint density at radius 2 is 1.37 bits per heavy atom. The minimum Gasteiger partial charge on any atom is -0.401 e. The Labute approximate surface area is 172 Å². The van der Waals surface area contributed by atoms with Crippen molar-refractivity contribution in [2.75, 3.05) is 0 Å². The van der Waals surface area contributed by atoms with Gasteiger partial charge in [0.25, 0.3) is 5.88 Å². The summed E-state index contributed by atoms with van der Waals surface area (Å²) in [5.41, 5.74) is 1.65. The van der Waals surface area contributed by atoms with E-state index in [0.29, 0.717) is 16.8 Å². The number of esters is 1. The van der Waals surface area contributed by atoms with Crippen LogP contribution in [0.1, 0.15) is 26.4 Å². The first kappa shape index (κ1) is 17.8. The highest BCUT2D eigenvalue weighted by Crippen LogP contribution is 2.28. The fourth-order valence-corrected chi connectivity index (χ4v) is 3.47. The van der Waals surface area contributed by atoms with Gasteiger partial charge in [-0.1, -0.05) is 72.8 Å². The number of hydrogen-bond acceptors (Lipinski definition) is 4. The van der Waals surface area contributed by atoms with Gasteiger partial charge >= 0.3 is 5.97 Å². The molecule has 0 unspecified atom stereocenters. The monoisotopic (exact) mass is 392 g/mol. The molecule has 5 nitrogen and oxygen atoms in total. The summed E-state index contributed by atoms with van der Waals surface area (Å²) in [6, 6.07) is 27.2. The van der Waals surface area contributed by atoms with Crippen LogP contribution in [0.25, 0.3) is 16.4 Å². The minimum absolute atomic E-state index is 0.00550. The Morgan fingerprint density at radius 3 is 2.10 bits per heavy atom. The molecule has 0 radical (unpaired) electrons. The highest BCUT2D eigenvalue weighted by molar-refractivity contribution is 6.11. The zero-order valence-corrected chi connectivity index (χ0v) is 15.9. The summed E-state index contributed by atoms with van der Waals surface area (Å²) in [6.45, 7) is 0. The first-order valence-corrected chi connectivity index (χ1v) is 9.49. The number of hydrogen-bond donors (Lipinski definition) is 0. The van der Waals surface area contributed by atoms with E-state index in [-0.39, 0.29) is 17.4 Å². The third-order valence-electron chi connectivity index (χ3n) is 4.93. The Hall–Kier alpha value is -4.25. The first-order chi connectivity index (χ1) is 14.7. The molecule has 0 aliphatic heterocycles. The molecule has 0 aliphatic carbocycles. The summed E-state index contributed by atoms with van der Waals surface area (Å²) in [4.78, 5) is 30.6. The number of carbonyl (C=O) groups excluding carboxylic acids is 2. The molecule has 5 aromatic rings. The van der Waals surface area contributed by atoms with Gasteiger partial charge in [-0.25, -0.2) is 4.79 Å². The number of ether oxygens (including phenoxy) is 1. The fourth-order valence-electron chi connectivity index (χ4n) is 3.47. The normalized spacial score (nSPS) is 10.9. The predicted molar refractivity (Wildman–Crippen MR) is 114 cm³/mol. The molecule has 2 heterocycles. The summed E-state index contributed by atoms with van der Waals surface area (Å²) in [5, 5.41) is 1.85. The Kier molecular flexibility index (Phi) is 4.33. The van der Waals surface area contributed by atoms with E-state index >= 15 is 0 Å². The van der Waals surface area contributed by atoms with Crippen molar-refractivity contribution in [1.82, 2.24) is 9.38 Å². The summed E-state index contributed by atoms with van der Waals surface area (Å²) in [6.07, 6.45) is 1.78. The second-order valence-corrected chi connectivity index (χ2v) is 6.81. The van der Waals surface area contributed by atoms with Gasteiger partial charge in [0.2, 0.25) is 5.78 Å². The molecule has 0 atom stereocenters. The standard InChI is InChI=1S/C25H16N2O3/c28-22(18-10-3-1-4-11-18)21-24(30-25(29)19-12-5-2-6-13-19)26-23-20-14-8-7-9-17(20)15-16-27(21)23/h1-16H. The lowest BCUT2D eigenvalue weighted by molar-refractivity contribution is 0.0726. The zero-order chi connectivity index (χ0) is 20.5. The molecule has 2 aromatic heterocycles. The van der Waals surface area contributed by atoms with Crippen LogP contribution in [0.15, 0.2) is 97.2 Å². The van der Waals surface area contributed by atoms with Gasteiger partial charge in [0.05, 0.1) is 5.56 Å². The quantitative estimate of drug-likeness (QED) is 0.321. The molecule has 0 bridgehead atoms.